The van der Waals surface area contributed by atoms with E-state index in [0.29, 0.717) is 0 Å². The van der Waals surface area contributed by atoms with Crippen LogP contribution in [0.25, 0.3) is 0 Å². The fourth-order valence-electron chi connectivity index (χ4n) is 1.66. The number of aryl methyl sites for hydroxylation is 1. The average Bonchev–Trinajstić information content (AvgIpc) is 2.33. The summed E-state index contributed by atoms with van der Waals surface area (Å²) in [6.45, 7) is 4.01. The van der Waals surface area contributed by atoms with Gasteiger partial charge < -0.3 is 10.5 Å². The number of ether oxygens (including phenoxy) is 1. The topological polar surface area (TPSA) is 35.2 Å². The van der Waals surface area contributed by atoms with Gasteiger partial charge in [-0.1, -0.05) is 18.2 Å². The fourth-order valence-corrected chi connectivity index (χ4v) is 2.23. The van der Waals surface area contributed by atoms with Gasteiger partial charge in [-0.15, -0.1) is 0 Å². The fraction of sp³-hybridized carbons (Fsp3) is 0.200. The quantitative estimate of drug-likeness (QED) is 0.901. The Balaban J connectivity index is 2.18. The minimum atomic E-state index is 0.0464. The molecule has 0 amide bonds. The van der Waals surface area contributed by atoms with Gasteiger partial charge in [0.15, 0.2) is 0 Å². The highest BCUT2D eigenvalue weighted by molar-refractivity contribution is 9.10. The van der Waals surface area contributed by atoms with Crippen molar-refractivity contribution in [2.24, 2.45) is 5.73 Å². The first-order valence-electron chi connectivity index (χ1n) is 5.86. The van der Waals surface area contributed by atoms with Gasteiger partial charge in [0.1, 0.15) is 11.5 Å². The van der Waals surface area contributed by atoms with Crippen LogP contribution in [-0.2, 0) is 0 Å². The van der Waals surface area contributed by atoms with Crippen molar-refractivity contribution < 1.29 is 4.74 Å². The Morgan fingerprint density at radius 2 is 1.78 bits per heavy atom. The van der Waals surface area contributed by atoms with E-state index in [1.807, 2.05) is 56.3 Å². The predicted octanol–water partition coefficient (Wildman–Crippen LogP) is 4.57. The second-order valence-corrected chi connectivity index (χ2v) is 5.25. The van der Waals surface area contributed by atoms with Gasteiger partial charge in [-0.2, -0.15) is 0 Å². The molecule has 18 heavy (non-hydrogen) atoms. The van der Waals surface area contributed by atoms with Crippen molar-refractivity contribution in [2.75, 3.05) is 0 Å². The summed E-state index contributed by atoms with van der Waals surface area (Å²) in [4.78, 5) is 0. The Hall–Kier alpha value is -1.32. The van der Waals surface area contributed by atoms with Crippen LogP contribution in [0, 0.1) is 6.92 Å². The Labute approximate surface area is 116 Å². The summed E-state index contributed by atoms with van der Waals surface area (Å²) in [7, 11) is 0. The first kappa shape index (κ1) is 13.1. The van der Waals surface area contributed by atoms with Crippen LogP contribution in [0.1, 0.15) is 24.1 Å². The molecule has 0 radical (unpaired) electrons. The Kier molecular flexibility index (Phi) is 4.04. The molecular weight excluding hydrogens is 290 g/mol. The smallest absolute Gasteiger partial charge is 0.141 e. The van der Waals surface area contributed by atoms with E-state index in [2.05, 4.69) is 15.9 Å². The number of halogens is 1. The minimum absolute atomic E-state index is 0.0464. The number of hydrogen-bond donors (Lipinski definition) is 1. The summed E-state index contributed by atoms with van der Waals surface area (Å²) in [5.74, 6) is 1.62. The molecule has 2 rings (SSSR count). The summed E-state index contributed by atoms with van der Waals surface area (Å²) < 4.78 is 6.77. The van der Waals surface area contributed by atoms with Gasteiger partial charge in [0.05, 0.1) is 4.47 Å². The van der Waals surface area contributed by atoms with Crippen LogP contribution in [0.5, 0.6) is 11.5 Å². The van der Waals surface area contributed by atoms with Crippen LogP contribution in [0.4, 0.5) is 0 Å². The van der Waals surface area contributed by atoms with Crippen molar-refractivity contribution in [1.29, 1.82) is 0 Å². The maximum absolute atomic E-state index is 5.81. The lowest BCUT2D eigenvalue weighted by Gasteiger charge is -2.10. The summed E-state index contributed by atoms with van der Waals surface area (Å²) in [6.07, 6.45) is 0. The van der Waals surface area contributed by atoms with E-state index >= 15 is 0 Å². The second-order valence-electron chi connectivity index (χ2n) is 4.39. The number of nitrogens with two attached hydrogens (primary N) is 1. The van der Waals surface area contributed by atoms with Gasteiger partial charge in [-0.05, 0) is 65.2 Å². The lowest BCUT2D eigenvalue weighted by molar-refractivity contribution is 0.479. The third kappa shape index (κ3) is 3.12. The molecule has 0 aliphatic heterocycles. The highest BCUT2D eigenvalue weighted by atomic mass is 79.9. The average molecular weight is 306 g/mol. The first-order valence-corrected chi connectivity index (χ1v) is 6.65. The van der Waals surface area contributed by atoms with Gasteiger partial charge in [0, 0.05) is 6.04 Å². The van der Waals surface area contributed by atoms with Crippen LogP contribution in [0.3, 0.4) is 0 Å². The second kappa shape index (κ2) is 5.55. The molecule has 0 aromatic heterocycles. The predicted molar refractivity (Wildman–Crippen MR) is 78.0 cm³/mol. The Morgan fingerprint density at radius 1 is 1.11 bits per heavy atom. The largest absolute Gasteiger partial charge is 0.456 e. The third-order valence-corrected chi connectivity index (χ3v) is 3.34. The molecule has 1 atom stereocenters. The van der Waals surface area contributed by atoms with Gasteiger partial charge in [-0.25, -0.2) is 0 Å². The maximum Gasteiger partial charge on any atom is 0.141 e. The van der Waals surface area contributed by atoms with Crippen LogP contribution in [0.15, 0.2) is 46.9 Å². The summed E-state index contributed by atoms with van der Waals surface area (Å²) in [5.41, 5.74) is 8.11. The normalized spacial score (nSPS) is 12.2. The molecule has 2 aromatic carbocycles. The molecule has 3 heteroatoms. The molecule has 0 aliphatic rings. The third-order valence-electron chi connectivity index (χ3n) is 2.72. The zero-order valence-corrected chi connectivity index (χ0v) is 12.1. The van der Waals surface area contributed by atoms with Crippen LogP contribution < -0.4 is 10.5 Å². The van der Waals surface area contributed by atoms with Crippen LogP contribution in [0.2, 0.25) is 0 Å². The van der Waals surface area contributed by atoms with Crippen molar-refractivity contribution in [2.45, 2.75) is 19.9 Å². The van der Waals surface area contributed by atoms with Gasteiger partial charge in [0.2, 0.25) is 0 Å². The van der Waals surface area contributed by atoms with Crippen LogP contribution >= 0.6 is 15.9 Å². The molecule has 2 aromatic rings. The monoisotopic (exact) mass is 305 g/mol. The SMILES string of the molecule is Cc1ccc(Oc2ccc([C@@H](C)N)cc2)c(Br)c1. The van der Waals surface area contributed by atoms with Crippen molar-refractivity contribution in [3.63, 3.8) is 0 Å². The molecule has 0 heterocycles. The van der Waals surface area contributed by atoms with Crippen molar-refractivity contribution >= 4 is 15.9 Å². The van der Waals surface area contributed by atoms with E-state index in [9.17, 15) is 0 Å². The lowest BCUT2D eigenvalue weighted by Crippen LogP contribution is -2.04. The molecule has 94 valence electrons. The van der Waals surface area contributed by atoms with E-state index < -0.39 is 0 Å². The molecule has 0 unspecified atom stereocenters. The standard InChI is InChI=1S/C15H16BrNO/c1-10-3-8-15(14(16)9-10)18-13-6-4-12(5-7-13)11(2)17/h3-9,11H,17H2,1-2H3/t11-/m1/s1. The van der Waals surface area contributed by atoms with E-state index in [1.165, 1.54) is 5.56 Å². The molecular formula is C15H16BrNO. The zero-order chi connectivity index (χ0) is 13.1. The molecule has 2 N–H and O–H groups in total. The van der Waals surface area contributed by atoms with Gasteiger partial charge >= 0.3 is 0 Å². The zero-order valence-electron chi connectivity index (χ0n) is 10.5. The lowest BCUT2D eigenvalue weighted by atomic mass is 10.1. The number of benzene rings is 2. The highest BCUT2D eigenvalue weighted by Crippen LogP contribution is 2.30. The van der Waals surface area contributed by atoms with E-state index in [-0.39, 0.29) is 6.04 Å². The Bertz CT molecular complexity index is 535. The van der Waals surface area contributed by atoms with E-state index in [1.54, 1.807) is 0 Å². The minimum Gasteiger partial charge on any atom is -0.456 e. The summed E-state index contributed by atoms with van der Waals surface area (Å²) in [6, 6.07) is 13.9. The summed E-state index contributed by atoms with van der Waals surface area (Å²) >= 11 is 3.50. The molecule has 0 saturated heterocycles. The maximum atomic E-state index is 5.81. The van der Waals surface area contributed by atoms with Crippen molar-refractivity contribution in [3.8, 4) is 11.5 Å². The Morgan fingerprint density at radius 3 is 2.33 bits per heavy atom. The highest BCUT2D eigenvalue weighted by Gasteiger charge is 2.04. The molecule has 0 bridgehead atoms. The molecule has 0 saturated carbocycles. The van der Waals surface area contributed by atoms with Crippen molar-refractivity contribution in [1.82, 2.24) is 0 Å². The number of rotatable bonds is 3. The molecule has 2 nitrogen and oxygen atoms in total. The van der Waals surface area contributed by atoms with E-state index in [0.717, 1.165) is 21.5 Å². The van der Waals surface area contributed by atoms with Crippen LogP contribution in [-0.4, -0.2) is 0 Å². The molecule has 0 aliphatic carbocycles. The van der Waals surface area contributed by atoms with E-state index in [4.69, 9.17) is 10.5 Å². The summed E-state index contributed by atoms with van der Waals surface area (Å²) in [5, 5.41) is 0. The molecule has 0 fully saturated rings. The van der Waals surface area contributed by atoms with Gasteiger partial charge in [0.25, 0.3) is 0 Å². The first-order chi connectivity index (χ1) is 8.56. The van der Waals surface area contributed by atoms with Gasteiger partial charge in [-0.3, -0.25) is 0 Å². The van der Waals surface area contributed by atoms with Crippen molar-refractivity contribution in [3.05, 3.63) is 58.1 Å². The number of hydrogen-bond acceptors (Lipinski definition) is 2. The molecule has 0 spiro atoms.